The standard InChI is InChI=1S/C15H12F2N2/c1-9-3-4-19-8-14(18-15(19)5-9)11-7-12(16)10(2)6-13(11)17/h3-8H,1-2H3. The predicted octanol–water partition coefficient (Wildman–Crippen LogP) is 3.90. The first-order chi connectivity index (χ1) is 9.04. The van der Waals surface area contributed by atoms with Gasteiger partial charge in [0.15, 0.2) is 0 Å². The van der Waals surface area contributed by atoms with Gasteiger partial charge in [-0.2, -0.15) is 0 Å². The highest BCUT2D eigenvalue weighted by atomic mass is 19.1. The molecule has 1 aromatic carbocycles. The zero-order chi connectivity index (χ0) is 13.6. The van der Waals surface area contributed by atoms with Gasteiger partial charge in [-0.15, -0.1) is 0 Å². The van der Waals surface area contributed by atoms with Crippen molar-refractivity contribution in [2.45, 2.75) is 13.8 Å². The molecule has 0 N–H and O–H groups in total. The van der Waals surface area contributed by atoms with Crippen LogP contribution in [0.1, 0.15) is 11.1 Å². The summed E-state index contributed by atoms with van der Waals surface area (Å²) in [4.78, 5) is 4.33. The Bertz CT molecular complexity index is 775. The van der Waals surface area contributed by atoms with Gasteiger partial charge < -0.3 is 4.40 Å². The number of hydrogen-bond acceptors (Lipinski definition) is 1. The van der Waals surface area contributed by atoms with E-state index in [1.807, 2.05) is 25.3 Å². The first-order valence-electron chi connectivity index (χ1n) is 5.96. The molecule has 0 saturated carbocycles. The molecule has 2 heterocycles. The summed E-state index contributed by atoms with van der Waals surface area (Å²) in [6.07, 6.45) is 3.55. The van der Waals surface area contributed by atoms with Gasteiger partial charge in [-0.05, 0) is 49.2 Å². The van der Waals surface area contributed by atoms with Gasteiger partial charge in [0.05, 0.1) is 5.69 Å². The lowest BCUT2D eigenvalue weighted by Gasteiger charge is -2.02. The van der Waals surface area contributed by atoms with Crippen molar-refractivity contribution in [3.8, 4) is 11.3 Å². The number of fused-ring (bicyclic) bond motifs is 1. The third kappa shape index (κ3) is 1.99. The van der Waals surface area contributed by atoms with Crippen molar-refractivity contribution >= 4 is 5.65 Å². The Morgan fingerprint density at radius 2 is 1.84 bits per heavy atom. The molecular weight excluding hydrogens is 246 g/mol. The van der Waals surface area contributed by atoms with Crippen LogP contribution in [-0.4, -0.2) is 9.38 Å². The average Bonchev–Trinajstić information content (AvgIpc) is 2.76. The fraction of sp³-hybridized carbons (Fsp3) is 0.133. The number of nitrogens with zero attached hydrogens (tertiary/aromatic N) is 2. The van der Waals surface area contributed by atoms with Crippen LogP contribution in [-0.2, 0) is 0 Å². The van der Waals surface area contributed by atoms with Crippen LogP contribution in [0.15, 0.2) is 36.7 Å². The maximum atomic E-state index is 13.9. The highest BCUT2D eigenvalue weighted by Gasteiger charge is 2.12. The number of aryl methyl sites for hydroxylation is 2. The van der Waals surface area contributed by atoms with Crippen molar-refractivity contribution < 1.29 is 8.78 Å². The largest absolute Gasteiger partial charge is 0.306 e. The van der Waals surface area contributed by atoms with Crippen molar-refractivity contribution in [2.24, 2.45) is 0 Å². The number of benzene rings is 1. The molecular formula is C15H12F2N2. The Balaban J connectivity index is 2.21. The molecule has 0 radical (unpaired) electrons. The Labute approximate surface area is 109 Å². The summed E-state index contributed by atoms with van der Waals surface area (Å²) >= 11 is 0. The smallest absolute Gasteiger partial charge is 0.137 e. The highest BCUT2D eigenvalue weighted by Crippen LogP contribution is 2.25. The molecule has 0 atom stereocenters. The monoisotopic (exact) mass is 258 g/mol. The van der Waals surface area contributed by atoms with E-state index in [0.717, 1.165) is 11.2 Å². The Morgan fingerprint density at radius 3 is 2.63 bits per heavy atom. The van der Waals surface area contributed by atoms with Crippen molar-refractivity contribution in [1.29, 1.82) is 0 Å². The minimum absolute atomic E-state index is 0.185. The van der Waals surface area contributed by atoms with E-state index in [0.29, 0.717) is 11.3 Å². The molecule has 2 nitrogen and oxygen atoms in total. The summed E-state index contributed by atoms with van der Waals surface area (Å²) < 4.78 is 29.3. The number of aromatic nitrogens is 2. The molecule has 0 amide bonds. The van der Waals surface area contributed by atoms with E-state index in [4.69, 9.17) is 0 Å². The van der Waals surface area contributed by atoms with Crippen LogP contribution in [0.4, 0.5) is 8.78 Å². The fourth-order valence-electron chi connectivity index (χ4n) is 2.06. The third-order valence-corrected chi connectivity index (χ3v) is 3.14. The van der Waals surface area contributed by atoms with E-state index in [-0.39, 0.29) is 5.56 Å². The lowest BCUT2D eigenvalue weighted by atomic mass is 10.1. The summed E-state index contributed by atoms with van der Waals surface area (Å²) in [5.74, 6) is -0.885. The maximum Gasteiger partial charge on any atom is 0.137 e. The van der Waals surface area contributed by atoms with E-state index in [9.17, 15) is 8.78 Å². The van der Waals surface area contributed by atoms with Crippen LogP contribution < -0.4 is 0 Å². The molecule has 4 heteroatoms. The molecule has 3 aromatic rings. The first kappa shape index (κ1) is 11.8. The van der Waals surface area contributed by atoms with Crippen molar-refractivity contribution in [2.75, 3.05) is 0 Å². The molecule has 2 aromatic heterocycles. The molecule has 0 aliphatic carbocycles. The van der Waals surface area contributed by atoms with E-state index in [1.165, 1.54) is 19.1 Å². The molecule has 96 valence electrons. The van der Waals surface area contributed by atoms with E-state index in [2.05, 4.69) is 4.98 Å². The number of rotatable bonds is 1. The molecule has 19 heavy (non-hydrogen) atoms. The fourth-order valence-corrected chi connectivity index (χ4v) is 2.06. The zero-order valence-corrected chi connectivity index (χ0v) is 10.6. The van der Waals surface area contributed by atoms with Crippen molar-refractivity contribution in [3.63, 3.8) is 0 Å². The van der Waals surface area contributed by atoms with Gasteiger partial charge >= 0.3 is 0 Å². The molecule has 0 saturated heterocycles. The van der Waals surface area contributed by atoms with Gasteiger partial charge in [-0.25, -0.2) is 13.8 Å². The molecule has 0 unspecified atom stereocenters. The second-order valence-electron chi connectivity index (χ2n) is 4.68. The van der Waals surface area contributed by atoms with Crippen LogP contribution in [0.2, 0.25) is 0 Å². The molecule has 3 rings (SSSR count). The lowest BCUT2D eigenvalue weighted by Crippen LogP contribution is -1.90. The van der Waals surface area contributed by atoms with Gasteiger partial charge in [0.2, 0.25) is 0 Å². The molecule has 0 aliphatic heterocycles. The second-order valence-corrected chi connectivity index (χ2v) is 4.68. The maximum absolute atomic E-state index is 13.9. The Hall–Kier alpha value is -2.23. The van der Waals surface area contributed by atoms with Gasteiger partial charge in [-0.1, -0.05) is 0 Å². The van der Waals surface area contributed by atoms with E-state index in [1.54, 1.807) is 10.6 Å². The molecule has 0 aliphatic rings. The minimum atomic E-state index is -0.459. The summed E-state index contributed by atoms with van der Waals surface area (Å²) in [6, 6.07) is 6.22. The number of pyridine rings is 1. The second kappa shape index (κ2) is 4.16. The topological polar surface area (TPSA) is 17.3 Å². The van der Waals surface area contributed by atoms with Crippen LogP contribution in [0.25, 0.3) is 16.9 Å². The van der Waals surface area contributed by atoms with Gasteiger partial charge in [-0.3, -0.25) is 0 Å². The summed E-state index contributed by atoms with van der Waals surface area (Å²) in [5, 5.41) is 0. The van der Waals surface area contributed by atoms with Crippen LogP contribution in [0, 0.1) is 25.5 Å². The van der Waals surface area contributed by atoms with Crippen LogP contribution in [0.3, 0.4) is 0 Å². The molecule has 0 spiro atoms. The van der Waals surface area contributed by atoms with Gasteiger partial charge in [0.25, 0.3) is 0 Å². The quantitative estimate of drug-likeness (QED) is 0.647. The summed E-state index contributed by atoms with van der Waals surface area (Å²) in [5.41, 5.74) is 2.70. The average molecular weight is 258 g/mol. The van der Waals surface area contributed by atoms with E-state index < -0.39 is 11.6 Å². The Kier molecular flexibility index (Phi) is 2.59. The predicted molar refractivity (Wildman–Crippen MR) is 70.0 cm³/mol. The number of halogens is 2. The van der Waals surface area contributed by atoms with Crippen LogP contribution in [0.5, 0.6) is 0 Å². The summed E-state index contributed by atoms with van der Waals surface area (Å²) in [7, 11) is 0. The number of hydrogen-bond donors (Lipinski definition) is 0. The highest BCUT2D eigenvalue weighted by molar-refractivity contribution is 5.64. The van der Waals surface area contributed by atoms with E-state index >= 15 is 0 Å². The molecule has 0 fully saturated rings. The van der Waals surface area contributed by atoms with Crippen molar-refractivity contribution in [1.82, 2.24) is 9.38 Å². The summed E-state index contributed by atoms with van der Waals surface area (Å²) in [6.45, 7) is 3.50. The van der Waals surface area contributed by atoms with Crippen LogP contribution >= 0.6 is 0 Å². The molecule has 0 bridgehead atoms. The first-order valence-corrected chi connectivity index (χ1v) is 5.96. The minimum Gasteiger partial charge on any atom is -0.306 e. The van der Waals surface area contributed by atoms with Crippen molar-refractivity contribution in [3.05, 3.63) is 59.4 Å². The number of imidazole rings is 1. The normalized spacial score (nSPS) is 11.2. The van der Waals surface area contributed by atoms with Gasteiger partial charge in [0.1, 0.15) is 17.3 Å². The SMILES string of the molecule is Cc1ccn2cc(-c3cc(F)c(C)cc3F)nc2c1. The van der Waals surface area contributed by atoms with Gasteiger partial charge in [0, 0.05) is 18.0 Å². The lowest BCUT2D eigenvalue weighted by molar-refractivity contribution is 0.595. The Morgan fingerprint density at radius 1 is 1.05 bits per heavy atom. The third-order valence-electron chi connectivity index (χ3n) is 3.14. The zero-order valence-electron chi connectivity index (χ0n) is 10.6.